The summed E-state index contributed by atoms with van der Waals surface area (Å²) in [5.74, 6) is 0. The summed E-state index contributed by atoms with van der Waals surface area (Å²) < 4.78 is 2.26. The van der Waals surface area contributed by atoms with E-state index in [9.17, 15) is 0 Å². The Labute approximate surface area is 225 Å². The summed E-state index contributed by atoms with van der Waals surface area (Å²) in [4.78, 5) is 7.33. The number of rotatable bonds is 7. The summed E-state index contributed by atoms with van der Waals surface area (Å²) >= 11 is 0. The van der Waals surface area contributed by atoms with E-state index in [0.29, 0.717) is 0 Å². The second kappa shape index (κ2) is 10.9. The van der Waals surface area contributed by atoms with Crippen LogP contribution in [0.15, 0.2) is 128 Å². The molecule has 0 unspecified atom stereocenters. The SMILES string of the molecule is C(=C\c1cn(C(c2ccccc2)(c2ccccc2)c2ccccc2)cn1)/c1ccc(N2CCCCC2)cc1. The Morgan fingerprint density at radius 1 is 0.579 bits per heavy atom. The van der Waals surface area contributed by atoms with Crippen molar-refractivity contribution in [3.05, 3.63) is 156 Å². The maximum Gasteiger partial charge on any atom is 0.121 e. The Balaban J connectivity index is 1.37. The average Bonchev–Trinajstić information content (AvgIpc) is 3.48. The number of piperidine rings is 1. The molecule has 0 aliphatic carbocycles. The summed E-state index contributed by atoms with van der Waals surface area (Å²) in [5, 5.41) is 0. The first-order valence-corrected chi connectivity index (χ1v) is 13.6. The van der Waals surface area contributed by atoms with Crippen molar-refractivity contribution in [3.63, 3.8) is 0 Å². The average molecular weight is 496 g/mol. The first kappa shape index (κ1) is 24.0. The molecule has 0 bridgehead atoms. The third kappa shape index (κ3) is 4.68. The second-order valence-electron chi connectivity index (χ2n) is 9.99. The molecule has 0 atom stereocenters. The topological polar surface area (TPSA) is 21.1 Å². The van der Waals surface area contributed by atoms with Gasteiger partial charge in [-0.05, 0) is 59.7 Å². The van der Waals surface area contributed by atoms with Crippen molar-refractivity contribution < 1.29 is 0 Å². The molecule has 188 valence electrons. The number of hydrogen-bond acceptors (Lipinski definition) is 2. The van der Waals surface area contributed by atoms with Crippen LogP contribution in [-0.2, 0) is 5.54 Å². The molecule has 38 heavy (non-hydrogen) atoms. The molecule has 1 aromatic heterocycles. The molecule has 0 saturated carbocycles. The third-order valence-electron chi connectivity index (χ3n) is 7.63. The molecular weight excluding hydrogens is 462 g/mol. The predicted molar refractivity (Wildman–Crippen MR) is 158 cm³/mol. The third-order valence-corrected chi connectivity index (χ3v) is 7.63. The monoisotopic (exact) mass is 495 g/mol. The van der Waals surface area contributed by atoms with Crippen molar-refractivity contribution in [3.8, 4) is 0 Å². The van der Waals surface area contributed by atoms with E-state index in [4.69, 9.17) is 4.98 Å². The lowest BCUT2D eigenvalue weighted by molar-refractivity contribution is 0.514. The highest BCUT2D eigenvalue weighted by Gasteiger charge is 2.38. The molecular formula is C35H33N3. The maximum absolute atomic E-state index is 4.83. The van der Waals surface area contributed by atoms with E-state index in [2.05, 4.69) is 143 Å². The summed E-state index contributed by atoms with van der Waals surface area (Å²) in [7, 11) is 0. The minimum Gasteiger partial charge on any atom is -0.372 e. The van der Waals surface area contributed by atoms with Gasteiger partial charge in [-0.3, -0.25) is 0 Å². The molecule has 2 heterocycles. The molecule has 5 aromatic rings. The fraction of sp³-hybridized carbons (Fsp3) is 0.171. The van der Waals surface area contributed by atoms with Gasteiger partial charge in [0.05, 0.1) is 12.0 Å². The minimum atomic E-state index is -0.543. The summed E-state index contributed by atoms with van der Waals surface area (Å²) in [6, 6.07) is 41.0. The van der Waals surface area contributed by atoms with E-state index < -0.39 is 5.54 Å². The number of benzene rings is 4. The first-order valence-electron chi connectivity index (χ1n) is 13.6. The molecule has 0 radical (unpaired) electrons. The van der Waals surface area contributed by atoms with E-state index in [-0.39, 0.29) is 0 Å². The fourth-order valence-corrected chi connectivity index (χ4v) is 5.72. The van der Waals surface area contributed by atoms with Gasteiger partial charge in [-0.15, -0.1) is 0 Å². The largest absolute Gasteiger partial charge is 0.372 e. The molecule has 1 aliphatic heterocycles. The Morgan fingerprint density at radius 2 is 1.11 bits per heavy atom. The standard InChI is InChI=1S/C35H33N3/c1-5-13-30(14-6-1)35(31-15-7-2-8-16-31,32-17-9-3-10-18-32)38-27-33(36-28-38)22-19-29-20-23-34(24-21-29)37-25-11-4-12-26-37/h1-3,5-10,13-24,27-28H,4,11-12,25-26H2/b22-19+. The smallest absolute Gasteiger partial charge is 0.121 e. The van der Waals surface area contributed by atoms with E-state index in [1.807, 2.05) is 6.33 Å². The van der Waals surface area contributed by atoms with Gasteiger partial charge in [0.2, 0.25) is 0 Å². The van der Waals surface area contributed by atoms with E-state index in [1.165, 1.54) is 60.3 Å². The van der Waals surface area contributed by atoms with Crippen LogP contribution < -0.4 is 4.90 Å². The number of nitrogens with zero attached hydrogens (tertiary/aromatic N) is 3. The molecule has 4 aromatic carbocycles. The molecule has 0 spiro atoms. The van der Waals surface area contributed by atoms with Crippen molar-refractivity contribution in [2.45, 2.75) is 24.8 Å². The lowest BCUT2D eigenvalue weighted by atomic mass is 9.77. The summed E-state index contributed by atoms with van der Waals surface area (Å²) in [5.41, 5.74) is 6.47. The van der Waals surface area contributed by atoms with Crippen LogP contribution in [0.4, 0.5) is 5.69 Å². The van der Waals surface area contributed by atoms with Crippen LogP contribution >= 0.6 is 0 Å². The van der Waals surface area contributed by atoms with Crippen LogP contribution in [0, 0.1) is 0 Å². The van der Waals surface area contributed by atoms with Crippen molar-refractivity contribution in [2.75, 3.05) is 18.0 Å². The minimum absolute atomic E-state index is 0.543. The van der Waals surface area contributed by atoms with Crippen LogP contribution in [0.1, 0.15) is 47.2 Å². The fourth-order valence-electron chi connectivity index (χ4n) is 5.72. The van der Waals surface area contributed by atoms with Gasteiger partial charge in [0, 0.05) is 25.0 Å². The quantitative estimate of drug-likeness (QED) is 0.214. The molecule has 1 aliphatic rings. The lowest BCUT2D eigenvalue weighted by Crippen LogP contribution is -2.36. The van der Waals surface area contributed by atoms with Crippen LogP contribution in [0.5, 0.6) is 0 Å². The zero-order chi connectivity index (χ0) is 25.6. The highest BCUT2D eigenvalue weighted by molar-refractivity contribution is 5.69. The van der Waals surface area contributed by atoms with Gasteiger partial charge in [-0.2, -0.15) is 0 Å². The normalized spacial score (nSPS) is 14.2. The Hall–Kier alpha value is -4.37. The van der Waals surface area contributed by atoms with Crippen molar-refractivity contribution >= 4 is 17.8 Å². The highest BCUT2D eigenvalue weighted by Crippen LogP contribution is 2.40. The van der Waals surface area contributed by atoms with Crippen LogP contribution in [-0.4, -0.2) is 22.6 Å². The van der Waals surface area contributed by atoms with Crippen LogP contribution in [0.25, 0.3) is 12.2 Å². The van der Waals surface area contributed by atoms with Crippen molar-refractivity contribution in [2.24, 2.45) is 0 Å². The molecule has 1 fully saturated rings. The molecule has 3 heteroatoms. The summed E-state index contributed by atoms with van der Waals surface area (Å²) in [6.07, 6.45) is 12.3. The van der Waals surface area contributed by atoms with Gasteiger partial charge < -0.3 is 9.47 Å². The Kier molecular flexibility index (Phi) is 6.91. The van der Waals surface area contributed by atoms with E-state index in [1.54, 1.807) is 0 Å². The molecule has 0 N–H and O–H groups in total. The van der Waals surface area contributed by atoms with Gasteiger partial charge in [0.15, 0.2) is 0 Å². The van der Waals surface area contributed by atoms with Crippen molar-refractivity contribution in [1.82, 2.24) is 9.55 Å². The second-order valence-corrected chi connectivity index (χ2v) is 9.99. The van der Waals surface area contributed by atoms with E-state index in [0.717, 1.165) is 5.69 Å². The van der Waals surface area contributed by atoms with Gasteiger partial charge in [-0.25, -0.2) is 4.98 Å². The Bertz CT molecular complexity index is 1370. The zero-order valence-corrected chi connectivity index (χ0v) is 21.7. The first-order chi connectivity index (χ1) is 18.8. The van der Waals surface area contributed by atoms with E-state index >= 15 is 0 Å². The maximum atomic E-state index is 4.83. The zero-order valence-electron chi connectivity index (χ0n) is 21.7. The lowest BCUT2D eigenvalue weighted by Gasteiger charge is -2.37. The number of imidazole rings is 1. The van der Waals surface area contributed by atoms with Crippen LogP contribution in [0.2, 0.25) is 0 Å². The number of aromatic nitrogens is 2. The van der Waals surface area contributed by atoms with Gasteiger partial charge in [0.25, 0.3) is 0 Å². The highest BCUT2D eigenvalue weighted by atomic mass is 15.1. The number of anilines is 1. The van der Waals surface area contributed by atoms with Gasteiger partial charge in [0.1, 0.15) is 5.54 Å². The Morgan fingerprint density at radius 3 is 1.63 bits per heavy atom. The summed E-state index contributed by atoms with van der Waals surface area (Å²) in [6.45, 7) is 2.33. The molecule has 6 rings (SSSR count). The van der Waals surface area contributed by atoms with Crippen LogP contribution in [0.3, 0.4) is 0 Å². The van der Waals surface area contributed by atoms with Gasteiger partial charge in [-0.1, -0.05) is 109 Å². The van der Waals surface area contributed by atoms with Crippen molar-refractivity contribution in [1.29, 1.82) is 0 Å². The molecule has 1 saturated heterocycles. The predicted octanol–water partition coefficient (Wildman–Crippen LogP) is 7.88. The van der Waals surface area contributed by atoms with Gasteiger partial charge >= 0.3 is 0 Å². The molecule has 3 nitrogen and oxygen atoms in total. The molecule has 0 amide bonds. The number of hydrogen-bond donors (Lipinski definition) is 0.